The summed E-state index contributed by atoms with van der Waals surface area (Å²) in [4.78, 5) is 37.7. The first-order valence-electron chi connectivity index (χ1n) is 5.72. The molecule has 0 aliphatic rings. The molecule has 0 aromatic heterocycles. The summed E-state index contributed by atoms with van der Waals surface area (Å²) in [6.07, 6.45) is 0.382. The highest BCUT2D eigenvalue weighted by molar-refractivity contribution is 5.63. The molecular formula is C11H17N3O6+2. The fourth-order valence-electron chi connectivity index (χ4n) is 1.73. The van der Waals surface area contributed by atoms with Crippen LogP contribution >= 0.6 is 0 Å². The maximum atomic E-state index is 11.7. The number of hydrogen-bond acceptors (Lipinski definition) is 7. The van der Waals surface area contributed by atoms with Crippen LogP contribution in [0.1, 0.15) is 12.5 Å². The number of rotatable bonds is 7. The Morgan fingerprint density at radius 2 is 1.55 bits per heavy atom. The van der Waals surface area contributed by atoms with Gasteiger partial charge in [-0.15, -0.1) is 5.23 Å². The average molecular weight is 287 g/mol. The second-order valence-electron chi connectivity index (χ2n) is 3.65. The molecule has 1 aromatic carbocycles. The molecule has 0 spiro atoms. The quantitative estimate of drug-likeness (QED) is 0.766. The zero-order valence-electron chi connectivity index (χ0n) is 11.7. The standard InChI is InChI=1S/C11H17N3O6/c1-5-9-10(13(16)19-3)6-8(12(15)18-2)7-11(9)14(17)20-4/h6-7,15H,5H2,1-4H3/q+2. The molecule has 0 aliphatic heterocycles. The highest BCUT2D eigenvalue weighted by atomic mass is 16.9. The van der Waals surface area contributed by atoms with E-state index in [0.29, 0.717) is 17.2 Å². The topological polar surface area (TPSA) is 91.3 Å². The van der Waals surface area contributed by atoms with Gasteiger partial charge in [0.25, 0.3) is 9.85 Å². The molecule has 0 heterocycles. The first kappa shape index (κ1) is 15.8. The van der Waals surface area contributed by atoms with Gasteiger partial charge in [0.15, 0.2) is 14.2 Å². The number of benzene rings is 1. The molecule has 0 radical (unpaired) electrons. The minimum atomic E-state index is 0.0662. The molecule has 110 valence electrons. The predicted molar refractivity (Wildman–Crippen MR) is 67.7 cm³/mol. The molecule has 1 N–H and O–H groups in total. The summed E-state index contributed by atoms with van der Waals surface area (Å²) in [7, 11) is 3.61. The maximum Gasteiger partial charge on any atom is 0.329 e. The van der Waals surface area contributed by atoms with Crippen molar-refractivity contribution in [3.8, 4) is 0 Å². The van der Waals surface area contributed by atoms with Gasteiger partial charge in [-0.3, -0.25) is 10.0 Å². The molecule has 0 saturated carbocycles. The second-order valence-corrected chi connectivity index (χ2v) is 3.65. The fourth-order valence-corrected chi connectivity index (χ4v) is 1.73. The lowest BCUT2D eigenvalue weighted by Crippen LogP contribution is -2.17. The van der Waals surface area contributed by atoms with E-state index in [0.717, 1.165) is 0 Å². The molecule has 9 nitrogen and oxygen atoms in total. The van der Waals surface area contributed by atoms with Gasteiger partial charge in [-0.25, -0.2) is 9.68 Å². The Hall–Kier alpha value is -2.26. The predicted octanol–water partition coefficient (Wildman–Crippen LogP) is 1.95. The Bertz CT molecular complexity index is 482. The molecule has 0 amide bonds. The second kappa shape index (κ2) is 6.78. The smallest absolute Gasteiger partial charge is 0.264 e. The number of hydrogen-bond donors (Lipinski definition) is 1. The van der Waals surface area contributed by atoms with Crippen molar-refractivity contribution in [3.63, 3.8) is 0 Å². The zero-order chi connectivity index (χ0) is 15.3. The van der Waals surface area contributed by atoms with Crippen LogP contribution in [0.2, 0.25) is 0 Å². The van der Waals surface area contributed by atoms with Gasteiger partial charge in [0, 0.05) is 12.1 Å². The van der Waals surface area contributed by atoms with Crippen LogP contribution in [-0.2, 0) is 20.9 Å². The van der Waals surface area contributed by atoms with E-state index in [1.807, 2.05) is 0 Å². The van der Waals surface area contributed by atoms with Crippen LogP contribution in [0.4, 0.5) is 17.1 Å². The van der Waals surface area contributed by atoms with E-state index in [9.17, 15) is 15.0 Å². The van der Waals surface area contributed by atoms with E-state index in [1.54, 1.807) is 6.92 Å². The van der Waals surface area contributed by atoms with Crippen molar-refractivity contribution < 1.29 is 29.6 Å². The maximum absolute atomic E-state index is 11.7. The van der Waals surface area contributed by atoms with E-state index in [2.05, 4.69) is 14.5 Å². The third kappa shape index (κ3) is 3.00. The molecule has 0 bridgehead atoms. The highest BCUT2D eigenvalue weighted by Crippen LogP contribution is 2.34. The Kier molecular flexibility index (Phi) is 5.35. The van der Waals surface area contributed by atoms with Crippen molar-refractivity contribution >= 4 is 17.1 Å². The summed E-state index contributed by atoms with van der Waals surface area (Å²) < 4.78 is 0. The van der Waals surface area contributed by atoms with Gasteiger partial charge in [-0.05, 0) is 6.42 Å². The summed E-state index contributed by atoms with van der Waals surface area (Å²) in [5.41, 5.74) is 0.616. The van der Waals surface area contributed by atoms with E-state index in [1.165, 1.54) is 33.5 Å². The summed E-state index contributed by atoms with van der Waals surface area (Å²) in [6.45, 7) is 1.77. The molecule has 1 aromatic rings. The molecular weight excluding hydrogens is 270 g/mol. The van der Waals surface area contributed by atoms with E-state index in [4.69, 9.17) is 0 Å². The summed E-state index contributed by atoms with van der Waals surface area (Å²) in [6, 6.07) is 2.65. The first-order chi connectivity index (χ1) is 9.49. The summed E-state index contributed by atoms with van der Waals surface area (Å²) in [5, 5.41) is 9.96. The average Bonchev–Trinajstić information content (AvgIpc) is 2.50. The first-order valence-corrected chi connectivity index (χ1v) is 5.72. The van der Waals surface area contributed by atoms with E-state index in [-0.39, 0.29) is 26.9 Å². The largest absolute Gasteiger partial charge is 0.329 e. The number of anilines is 1. The van der Waals surface area contributed by atoms with Gasteiger partial charge >= 0.3 is 11.4 Å². The lowest BCUT2D eigenvalue weighted by molar-refractivity contribution is -0.742. The minimum absolute atomic E-state index is 0.0662. The van der Waals surface area contributed by atoms with Crippen LogP contribution < -0.4 is 5.23 Å². The molecule has 0 fully saturated rings. The van der Waals surface area contributed by atoms with E-state index >= 15 is 0 Å². The van der Waals surface area contributed by atoms with Crippen molar-refractivity contribution in [2.24, 2.45) is 0 Å². The minimum Gasteiger partial charge on any atom is -0.264 e. The van der Waals surface area contributed by atoms with E-state index < -0.39 is 0 Å². The van der Waals surface area contributed by atoms with Crippen molar-refractivity contribution in [1.82, 2.24) is 0 Å². The molecule has 1 rings (SSSR count). The normalized spacial score (nSPS) is 10.1. The third-order valence-corrected chi connectivity index (χ3v) is 2.66. The van der Waals surface area contributed by atoms with Crippen LogP contribution in [0.5, 0.6) is 0 Å². The van der Waals surface area contributed by atoms with Gasteiger partial charge in [0.05, 0.1) is 16.9 Å². The van der Waals surface area contributed by atoms with Gasteiger partial charge in [-0.1, -0.05) is 6.92 Å². The van der Waals surface area contributed by atoms with Gasteiger partial charge in [0.2, 0.25) is 0 Å². The Morgan fingerprint density at radius 3 is 1.85 bits per heavy atom. The third-order valence-electron chi connectivity index (χ3n) is 2.66. The molecule has 0 aliphatic carbocycles. The molecule has 0 atom stereocenters. The van der Waals surface area contributed by atoms with Gasteiger partial charge in [-0.2, -0.15) is 0 Å². The van der Waals surface area contributed by atoms with Crippen LogP contribution in [0, 0.1) is 9.81 Å². The zero-order valence-corrected chi connectivity index (χ0v) is 11.7. The van der Waals surface area contributed by atoms with Crippen LogP contribution in [0.3, 0.4) is 0 Å². The van der Waals surface area contributed by atoms with Crippen molar-refractivity contribution in [3.05, 3.63) is 27.5 Å². The Balaban J connectivity index is 3.55. The van der Waals surface area contributed by atoms with Crippen LogP contribution in [-0.4, -0.2) is 36.4 Å². The lowest BCUT2D eigenvalue weighted by atomic mass is 10.1. The SMILES string of the molecule is CCc1c([N+](=O)OC)cc(N(O)OC)cc1[N+](=O)OC. The van der Waals surface area contributed by atoms with Crippen molar-refractivity contribution in [2.75, 3.05) is 26.6 Å². The van der Waals surface area contributed by atoms with Gasteiger partial charge in [0.1, 0.15) is 11.3 Å². The molecule has 0 unspecified atom stereocenters. The monoisotopic (exact) mass is 287 g/mol. The van der Waals surface area contributed by atoms with Crippen molar-refractivity contribution in [2.45, 2.75) is 13.3 Å². The Labute approximate surface area is 115 Å². The highest BCUT2D eigenvalue weighted by Gasteiger charge is 2.33. The lowest BCUT2D eigenvalue weighted by Gasteiger charge is -2.12. The van der Waals surface area contributed by atoms with Crippen molar-refractivity contribution in [1.29, 1.82) is 0 Å². The summed E-state index contributed by atoms with van der Waals surface area (Å²) in [5.74, 6) is 0. The fraction of sp³-hybridized carbons (Fsp3) is 0.455. The molecule has 20 heavy (non-hydrogen) atoms. The van der Waals surface area contributed by atoms with Gasteiger partial charge < -0.3 is 0 Å². The summed E-state index contributed by atoms with van der Waals surface area (Å²) >= 11 is 0. The Morgan fingerprint density at radius 1 is 1.10 bits per heavy atom. The number of nitrogens with zero attached hydrogens (tertiary/aromatic N) is 3. The van der Waals surface area contributed by atoms with Crippen LogP contribution in [0.15, 0.2) is 12.1 Å². The molecule has 9 heteroatoms. The molecule has 0 saturated heterocycles. The van der Waals surface area contributed by atoms with Crippen LogP contribution in [0.25, 0.3) is 0 Å².